The molecule has 0 unspecified atom stereocenters. The van der Waals surface area contributed by atoms with Crippen LogP contribution in [0.3, 0.4) is 0 Å². The number of carbonyl (C=O) groups is 3. The summed E-state index contributed by atoms with van der Waals surface area (Å²) in [5.41, 5.74) is 1.53. The largest absolute Gasteiger partial charge is 0.351 e. The molecule has 2 aromatic rings. The standard InChI is InChI=1S/C21H17FN2O3S/c22-17-9-6-15(7-10-17)8-11-19(25)23-12-13-24-20(26)18(28-21(24)27)14-16-4-2-1-3-5-16/h1-11,14H,12-13H2,(H,23,25)/b11-8+,18-14-. The van der Waals surface area contributed by atoms with Gasteiger partial charge < -0.3 is 5.32 Å². The average Bonchev–Trinajstić information content (AvgIpc) is 2.95. The number of thioether (sulfide) groups is 1. The fraction of sp³-hybridized carbons (Fsp3) is 0.0952. The average molecular weight is 396 g/mol. The monoisotopic (exact) mass is 396 g/mol. The zero-order valence-electron chi connectivity index (χ0n) is 14.8. The van der Waals surface area contributed by atoms with Crippen LogP contribution in [0.2, 0.25) is 0 Å². The number of amides is 3. The van der Waals surface area contributed by atoms with Crippen LogP contribution in [0.1, 0.15) is 11.1 Å². The Morgan fingerprint density at radius 2 is 1.75 bits per heavy atom. The molecule has 0 aliphatic carbocycles. The SMILES string of the molecule is O=C(/C=C/c1ccc(F)cc1)NCCN1C(=O)S/C(=C\c2ccccc2)C1=O. The van der Waals surface area contributed by atoms with Gasteiger partial charge in [0.05, 0.1) is 4.91 Å². The van der Waals surface area contributed by atoms with Gasteiger partial charge in [-0.1, -0.05) is 42.5 Å². The van der Waals surface area contributed by atoms with Gasteiger partial charge in [-0.25, -0.2) is 4.39 Å². The first-order chi connectivity index (χ1) is 13.5. The van der Waals surface area contributed by atoms with Crippen LogP contribution < -0.4 is 5.32 Å². The van der Waals surface area contributed by atoms with E-state index in [2.05, 4.69) is 5.32 Å². The van der Waals surface area contributed by atoms with Gasteiger partial charge in [0.2, 0.25) is 5.91 Å². The minimum absolute atomic E-state index is 0.0902. The Morgan fingerprint density at radius 1 is 1.04 bits per heavy atom. The third-order valence-corrected chi connectivity index (χ3v) is 4.81. The lowest BCUT2D eigenvalue weighted by Gasteiger charge is -2.12. The van der Waals surface area contributed by atoms with E-state index in [9.17, 15) is 18.8 Å². The van der Waals surface area contributed by atoms with Crippen molar-refractivity contribution in [1.29, 1.82) is 0 Å². The molecule has 5 nitrogen and oxygen atoms in total. The third-order valence-electron chi connectivity index (χ3n) is 3.90. The molecule has 3 rings (SSSR count). The Morgan fingerprint density at radius 3 is 2.46 bits per heavy atom. The van der Waals surface area contributed by atoms with Gasteiger partial charge in [0.1, 0.15) is 5.82 Å². The van der Waals surface area contributed by atoms with Crippen LogP contribution in [-0.4, -0.2) is 35.0 Å². The lowest BCUT2D eigenvalue weighted by molar-refractivity contribution is -0.123. The predicted octanol–water partition coefficient (Wildman–Crippen LogP) is 3.69. The quantitative estimate of drug-likeness (QED) is 0.757. The van der Waals surface area contributed by atoms with Gasteiger partial charge in [0.15, 0.2) is 0 Å². The van der Waals surface area contributed by atoms with E-state index < -0.39 is 0 Å². The lowest BCUT2D eigenvalue weighted by Crippen LogP contribution is -2.36. The molecule has 1 fully saturated rings. The van der Waals surface area contributed by atoms with Crippen molar-refractivity contribution in [2.75, 3.05) is 13.1 Å². The van der Waals surface area contributed by atoms with Crippen molar-refractivity contribution in [1.82, 2.24) is 10.2 Å². The second kappa shape index (κ2) is 9.14. The first-order valence-corrected chi connectivity index (χ1v) is 9.36. The highest BCUT2D eigenvalue weighted by Gasteiger charge is 2.34. The van der Waals surface area contributed by atoms with E-state index in [1.807, 2.05) is 30.3 Å². The molecule has 0 spiro atoms. The molecule has 28 heavy (non-hydrogen) atoms. The van der Waals surface area contributed by atoms with Gasteiger partial charge in [-0.2, -0.15) is 0 Å². The lowest BCUT2D eigenvalue weighted by atomic mass is 10.2. The van der Waals surface area contributed by atoms with Gasteiger partial charge in [-0.3, -0.25) is 19.3 Å². The number of hydrogen-bond donors (Lipinski definition) is 1. The van der Waals surface area contributed by atoms with Crippen LogP contribution in [0.15, 0.2) is 65.6 Å². The summed E-state index contributed by atoms with van der Waals surface area (Å²) in [7, 11) is 0. The van der Waals surface area contributed by atoms with E-state index in [1.54, 1.807) is 24.3 Å². The molecule has 0 saturated carbocycles. The molecule has 1 heterocycles. The molecule has 7 heteroatoms. The molecule has 1 aliphatic heterocycles. The van der Waals surface area contributed by atoms with Crippen LogP contribution in [-0.2, 0) is 9.59 Å². The summed E-state index contributed by atoms with van der Waals surface area (Å²) in [5.74, 6) is -1.08. The van der Waals surface area contributed by atoms with Gasteiger partial charge in [-0.15, -0.1) is 0 Å². The van der Waals surface area contributed by atoms with Crippen molar-refractivity contribution in [3.63, 3.8) is 0 Å². The fourth-order valence-corrected chi connectivity index (χ4v) is 3.35. The Kier molecular flexibility index (Phi) is 6.39. The number of rotatable bonds is 6. The van der Waals surface area contributed by atoms with Gasteiger partial charge >= 0.3 is 0 Å². The molecule has 3 amide bonds. The zero-order chi connectivity index (χ0) is 19.9. The first-order valence-electron chi connectivity index (χ1n) is 8.55. The van der Waals surface area contributed by atoms with Crippen molar-refractivity contribution in [3.05, 3.63) is 82.5 Å². The minimum atomic E-state index is -0.366. The maximum Gasteiger partial charge on any atom is 0.293 e. The smallest absolute Gasteiger partial charge is 0.293 e. The molecule has 0 aromatic heterocycles. The zero-order valence-corrected chi connectivity index (χ0v) is 15.6. The first kappa shape index (κ1) is 19.6. The summed E-state index contributed by atoms with van der Waals surface area (Å²) in [4.78, 5) is 37.8. The third kappa shape index (κ3) is 5.17. The number of nitrogens with one attached hydrogen (secondary N) is 1. The van der Waals surface area contributed by atoms with Crippen molar-refractivity contribution < 1.29 is 18.8 Å². The molecule has 1 aliphatic rings. The highest BCUT2D eigenvalue weighted by atomic mass is 32.2. The normalized spacial score (nSPS) is 15.6. The van der Waals surface area contributed by atoms with E-state index >= 15 is 0 Å². The topological polar surface area (TPSA) is 66.5 Å². The Labute approximate surface area is 165 Å². The van der Waals surface area contributed by atoms with Crippen LogP contribution in [0.5, 0.6) is 0 Å². The second-order valence-corrected chi connectivity index (χ2v) is 6.91. The maximum absolute atomic E-state index is 12.8. The van der Waals surface area contributed by atoms with Crippen molar-refractivity contribution in [2.45, 2.75) is 0 Å². The minimum Gasteiger partial charge on any atom is -0.351 e. The summed E-state index contributed by atoms with van der Waals surface area (Å²) in [6, 6.07) is 15.0. The maximum atomic E-state index is 12.8. The summed E-state index contributed by atoms with van der Waals surface area (Å²) in [5, 5.41) is 2.26. The molecule has 0 bridgehead atoms. The highest BCUT2D eigenvalue weighted by molar-refractivity contribution is 8.18. The van der Waals surface area contributed by atoms with Crippen molar-refractivity contribution >= 4 is 41.0 Å². The van der Waals surface area contributed by atoms with Gasteiger partial charge in [-0.05, 0) is 47.2 Å². The number of halogens is 1. The van der Waals surface area contributed by atoms with Crippen molar-refractivity contribution in [3.8, 4) is 0 Å². The molecular formula is C21H17FN2O3S. The number of benzene rings is 2. The van der Waals surface area contributed by atoms with E-state index in [0.29, 0.717) is 10.5 Å². The number of hydrogen-bond acceptors (Lipinski definition) is 4. The Hall–Kier alpha value is -3.19. The molecule has 1 N–H and O–H groups in total. The van der Waals surface area contributed by atoms with Crippen LogP contribution in [0, 0.1) is 5.82 Å². The van der Waals surface area contributed by atoms with Gasteiger partial charge in [0.25, 0.3) is 11.1 Å². The summed E-state index contributed by atoms with van der Waals surface area (Å²) < 4.78 is 12.8. The molecule has 0 atom stereocenters. The van der Waals surface area contributed by atoms with E-state index in [0.717, 1.165) is 22.2 Å². The number of imide groups is 1. The number of nitrogens with zero attached hydrogens (tertiary/aromatic N) is 1. The highest BCUT2D eigenvalue weighted by Crippen LogP contribution is 2.31. The summed E-state index contributed by atoms with van der Waals surface area (Å²) in [6.07, 6.45) is 4.54. The Bertz CT molecular complexity index is 940. The van der Waals surface area contributed by atoms with E-state index in [-0.39, 0.29) is 36.0 Å². The van der Waals surface area contributed by atoms with Crippen LogP contribution in [0.25, 0.3) is 12.2 Å². The summed E-state index contributed by atoms with van der Waals surface area (Å²) in [6.45, 7) is 0.232. The van der Waals surface area contributed by atoms with E-state index in [4.69, 9.17) is 0 Å². The summed E-state index contributed by atoms with van der Waals surface area (Å²) >= 11 is 0.885. The molecular weight excluding hydrogens is 379 g/mol. The van der Waals surface area contributed by atoms with Gasteiger partial charge in [0, 0.05) is 19.2 Å². The van der Waals surface area contributed by atoms with Crippen LogP contribution >= 0.6 is 11.8 Å². The molecule has 1 saturated heterocycles. The second-order valence-electron chi connectivity index (χ2n) is 5.92. The molecule has 0 radical (unpaired) electrons. The van der Waals surface area contributed by atoms with E-state index in [1.165, 1.54) is 18.2 Å². The molecule has 142 valence electrons. The predicted molar refractivity (Wildman–Crippen MR) is 108 cm³/mol. The number of carbonyl (C=O) groups excluding carboxylic acids is 3. The van der Waals surface area contributed by atoms with Crippen LogP contribution in [0.4, 0.5) is 9.18 Å². The molecule has 2 aromatic carbocycles. The fourth-order valence-electron chi connectivity index (χ4n) is 2.49. The Balaban J connectivity index is 1.51. The van der Waals surface area contributed by atoms with Crippen molar-refractivity contribution in [2.24, 2.45) is 0 Å².